The summed E-state index contributed by atoms with van der Waals surface area (Å²) in [6.07, 6.45) is 10.6. The minimum absolute atomic E-state index is 0.0121. The van der Waals surface area contributed by atoms with Gasteiger partial charge in [0.2, 0.25) is 11.9 Å². The second kappa shape index (κ2) is 4.77. The van der Waals surface area contributed by atoms with Gasteiger partial charge in [0.05, 0.1) is 0 Å². The van der Waals surface area contributed by atoms with Crippen molar-refractivity contribution in [1.29, 1.82) is 0 Å². The minimum Gasteiger partial charge on any atom is -0.331 e. The third-order valence-corrected chi connectivity index (χ3v) is 2.53. The maximum absolute atomic E-state index is 11.6. The molecule has 1 aromatic rings. The van der Waals surface area contributed by atoms with Crippen LogP contribution >= 0.6 is 0 Å². The Kier molecular flexibility index (Phi) is 3.17. The van der Waals surface area contributed by atoms with Gasteiger partial charge >= 0.3 is 0 Å². The molecule has 80 valence electrons. The van der Waals surface area contributed by atoms with E-state index in [-0.39, 0.29) is 5.91 Å². The fraction of sp³-hybridized carbons (Fsp3) is 0.455. The van der Waals surface area contributed by atoms with Crippen molar-refractivity contribution >= 4 is 11.9 Å². The van der Waals surface area contributed by atoms with E-state index in [1.807, 2.05) is 0 Å². The van der Waals surface area contributed by atoms with Crippen LogP contribution in [0.3, 0.4) is 0 Å². The lowest BCUT2D eigenvalue weighted by atomic mass is 9.97. The number of amides is 1. The summed E-state index contributed by atoms with van der Waals surface area (Å²) in [6.45, 7) is 0. The molecule has 0 unspecified atom stereocenters. The van der Waals surface area contributed by atoms with Gasteiger partial charge in [-0.05, 0) is 25.7 Å². The molecule has 15 heavy (non-hydrogen) atoms. The predicted molar refractivity (Wildman–Crippen MR) is 58.4 cm³/mol. The van der Waals surface area contributed by atoms with E-state index in [9.17, 15) is 4.79 Å². The first kappa shape index (κ1) is 9.96. The summed E-state index contributed by atoms with van der Waals surface area (Å²) in [5.74, 6) is 0.537. The van der Waals surface area contributed by atoms with Crippen molar-refractivity contribution in [2.75, 3.05) is 5.32 Å². The largest absolute Gasteiger partial charge is 0.331 e. The Morgan fingerprint density at radius 1 is 1.53 bits per heavy atom. The molecule has 0 spiro atoms. The van der Waals surface area contributed by atoms with Gasteiger partial charge in [0.25, 0.3) is 0 Å². The predicted octanol–water partition coefficient (Wildman–Crippen LogP) is 2.24. The van der Waals surface area contributed by atoms with E-state index < -0.39 is 0 Å². The van der Waals surface area contributed by atoms with Crippen LogP contribution in [0.4, 0.5) is 5.95 Å². The number of H-pyrrole nitrogens is 1. The van der Waals surface area contributed by atoms with E-state index in [2.05, 4.69) is 21.4 Å². The third kappa shape index (κ3) is 2.94. The Hall–Kier alpha value is -1.58. The van der Waals surface area contributed by atoms with E-state index in [0.29, 0.717) is 12.4 Å². The zero-order valence-corrected chi connectivity index (χ0v) is 8.62. The number of rotatable bonds is 3. The molecule has 1 aliphatic carbocycles. The number of imidazole rings is 1. The number of anilines is 1. The van der Waals surface area contributed by atoms with Crippen molar-refractivity contribution in [1.82, 2.24) is 9.97 Å². The maximum atomic E-state index is 11.6. The average Bonchev–Trinajstić information content (AvgIpc) is 2.71. The second-order valence-electron chi connectivity index (χ2n) is 3.77. The zero-order chi connectivity index (χ0) is 10.5. The number of carbonyl (C=O) groups is 1. The highest BCUT2D eigenvalue weighted by molar-refractivity contribution is 5.90. The van der Waals surface area contributed by atoms with Crippen LogP contribution in [0.5, 0.6) is 0 Å². The number of carbonyl (C=O) groups excluding carboxylic acids is 1. The molecule has 0 saturated heterocycles. The summed E-state index contributed by atoms with van der Waals surface area (Å²) in [5, 5.41) is 2.72. The van der Waals surface area contributed by atoms with Crippen molar-refractivity contribution in [3.8, 4) is 0 Å². The molecule has 2 rings (SSSR count). The van der Waals surface area contributed by atoms with Gasteiger partial charge in [-0.1, -0.05) is 11.6 Å². The first-order valence-corrected chi connectivity index (χ1v) is 5.32. The summed E-state index contributed by atoms with van der Waals surface area (Å²) >= 11 is 0. The molecule has 1 aromatic heterocycles. The average molecular weight is 205 g/mol. The molecule has 0 atom stereocenters. The highest BCUT2D eigenvalue weighted by atomic mass is 16.1. The fourth-order valence-corrected chi connectivity index (χ4v) is 1.78. The first-order valence-electron chi connectivity index (χ1n) is 5.32. The van der Waals surface area contributed by atoms with Crippen LogP contribution in [0.2, 0.25) is 0 Å². The third-order valence-electron chi connectivity index (χ3n) is 2.53. The standard InChI is InChI=1S/C11H15N3O/c15-10(14-11-12-6-7-13-11)8-9-4-2-1-3-5-9/h4,6-7H,1-3,5,8H2,(H2,12,13,14,15). The lowest BCUT2D eigenvalue weighted by Crippen LogP contribution is -2.13. The van der Waals surface area contributed by atoms with E-state index in [1.54, 1.807) is 12.4 Å². The van der Waals surface area contributed by atoms with Crippen molar-refractivity contribution in [3.63, 3.8) is 0 Å². The van der Waals surface area contributed by atoms with Crippen LogP contribution in [0.15, 0.2) is 24.0 Å². The number of aromatic nitrogens is 2. The SMILES string of the molecule is O=C(CC1=CCCCC1)Nc1ncc[nH]1. The Bertz CT molecular complexity index is 354. The molecule has 0 bridgehead atoms. The highest BCUT2D eigenvalue weighted by Gasteiger charge is 2.09. The Morgan fingerprint density at radius 2 is 2.47 bits per heavy atom. The zero-order valence-electron chi connectivity index (χ0n) is 8.62. The number of allylic oxidation sites excluding steroid dienone is 1. The Morgan fingerprint density at radius 3 is 3.13 bits per heavy atom. The molecule has 0 saturated carbocycles. The normalized spacial score (nSPS) is 15.9. The van der Waals surface area contributed by atoms with Crippen molar-refractivity contribution in [2.45, 2.75) is 32.1 Å². The van der Waals surface area contributed by atoms with Gasteiger partial charge in [-0.15, -0.1) is 0 Å². The number of hydrogen-bond donors (Lipinski definition) is 2. The van der Waals surface area contributed by atoms with Gasteiger partial charge in [0, 0.05) is 18.8 Å². The van der Waals surface area contributed by atoms with Crippen molar-refractivity contribution < 1.29 is 4.79 Å². The number of hydrogen-bond acceptors (Lipinski definition) is 2. The Balaban J connectivity index is 1.84. The van der Waals surface area contributed by atoms with Crippen molar-refractivity contribution in [2.24, 2.45) is 0 Å². The van der Waals surface area contributed by atoms with E-state index in [1.165, 1.54) is 18.4 Å². The molecule has 1 amide bonds. The summed E-state index contributed by atoms with van der Waals surface area (Å²) in [4.78, 5) is 18.4. The molecular weight excluding hydrogens is 190 g/mol. The van der Waals surface area contributed by atoms with Gasteiger partial charge in [-0.3, -0.25) is 10.1 Å². The quantitative estimate of drug-likeness (QED) is 0.743. The molecule has 1 aliphatic rings. The van der Waals surface area contributed by atoms with E-state index >= 15 is 0 Å². The molecule has 0 aliphatic heterocycles. The van der Waals surface area contributed by atoms with Crippen LogP contribution in [-0.2, 0) is 4.79 Å². The summed E-state index contributed by atoms with van der Waals surface area (Å²) in [5.41, 5.74) is 1.25. The lowest BCUT2D eigenvalue weighted by Gasteiger charge is -2.11. The first-order chi connectivity index (χ1) is 7.34. The smallest absolute Gasteiger partial charge is 0.230 e. The van der Waals surface area contributed by atoms with Gasteiger partial charge in [0.15, 0.2) is 0 Å². The highest BCUT2D eigenvalue weighted by Crippen LogP contribution is 2.20. The van der Waals surface area contributed by atoms with Crippen LogP contribution in [0, 0.1) is 0 Å². The molecule has 4 heteroatoms. The molecule has 0 fully saturated rings. The van der Waals surface area contributed by atoms with Gasteiger partial charge in [-0.25, -0.2) is 4.98 Å². The monoisotopic (exact) mass is 205 g/mol. The van der Waals surface area contributed by atoms with Crippen molar-refractivity contribution in [3.05, 3.63) is 24.0 Å². The lowest BCUT2D eigenvalue weighted by molar-refractivity contribution is -0.115. The summed E-state index contributed by atoms with van der Waals surface area (Å²) in [7, 11) is 0. The molecule has 0 radical (unpaired) electrons. The molecule has 1 heterocycles. The van der Waals surface area contributed by atoms with Crippen LogP contribution in [0.25, 0.3) is 0 Å². The van der Waals surface area contributed by atoms with Crippen LogP contribution < -0.4 is 5.32 Å². The fourth-order valence-electron chi connectivity index (χ4n) is 1.78. The number of aromatic amines is 1. The topological polar surface area (TPSA) is 57.8 Å². The van der Waals surface area contributed by atoms with Gasteiger partial charge in [0.1, 0.15) is 0 Å². The maximum Gasteiger partial charge on any atom is 0.230 e. The second-order valence-corrected chi connectivity index (χ2v) is 3.77. The number of nitrogens with one attached hydrogen (secondary N) is 2. The van der Waals surface area contributed by atoms with Gasteiger partial charge < -0.3 is 4.98 Å². The number of nitrogens with zero attached hydrogens (tertiary/aromatic N) is 1. The summed E-state index contributed by atoms with van der Waals surface area (Å²) < 4.78 is 0. The molecular formula is C11H15N3O. The van der Waals surface area contributed by atoms with Gasteiger partial charge in [-0.2, -0.15) is 0 Å². The summed E-state index contributed by atoms with van der Waals surface area (Å²) in [6, 6.07) is 0. The van der Waals surface area contributed by atoms with E-state index in [4.69, 9.17) is 0 Å². The molecule has 2 N–H and O–H groups in total. The molecule has 4 nitrogen and oxygen atoms in total. The Labute approximate surface area is 88.8 Å². The van der Waals surface area contributed by atoms with E-state index in [0.717, 1.165) is 12.8 Å². The molecule has 0 aromatic carbocycles. The minimum atomic E-state index is 0.0121. The van der Waals surface area contributed by atoms with Crippen LogP contribution in [-0.4, -0.2) is 15.9 Å². The van der Waals surface area contributed by atoms with Crippen LogP contribution in [0.1, 0.15) is 32.1 Å².